The van der Waals surface area contributed by atoms with Gasteiger partial charge in [0.25, 0.3) is 0 Å². The molecule has 0 spiro atoms. The van der Waals surface area contributed by atoms with Gasteiger partial charge in [0.05, 0.1) is 12.3 Å². The summed E-state index contributed by atoms with van der Waals surface area (Å²) in [5, 5.41) is 2.88. The Morgan fingerprint density at radius 1 is 1.24 bits per heavy atom. The smallest absolute Gasteiger partial charge is 0.246 e. The fourth-order valence-electron chi connectivity index (χ4n) is 3.25. The number of benzene rings is 2. The summed E-state index contributed by atoms with van der Waals surface area (Å²) < 4.78 is 46.7. The third kappa shape index (κ3) is 4.88. The number of hydrogen-bond acceptors (Lipinski definition) is 4. The fraction of sp³-hybridized carbons (Fsp3) is 0.350. The average Bonchev–Trinajstić information content (AvgIpc) is 2.71. The molecule has 29 heavy (non-hydrogen) atoms. The van der Waals surface area contributed by atoms with E-state index >= 15 is 0 Å². The van der Waals surface area contributed by atoms with Gasteiger partial charge in [-0.25, -0.2) is 12.8 Å². The number of para-hydroxylation sites is 1. The summed E-state index contributed by atoms with van der Waals surface area (Å²) in [4.78, 5) is 12.5. The van der Waals surface area contributed by atoms with Crippen LogP contribution < -0.4 is 10.1 Å². The normalized spacial score (nSPS) is 15.8. The third-order valence-electron chi connectivity index (χ3n) is 4.78. The van der Waals surface area contributed by atoms with Crippen molar-refractivity contribution >= 4 is 33.2 Å². The lowest BCUT2D eigenvalue weighted by molar-refractivity contribution is -0.120. The number of anilines is 1. The van der Waals surface area contributed by atoms with Crippen LogP contribution in [0, 0.1) is 11.7 Å². The molecule has 1 amide bonds. The van der Waals surface area contributed by atoms with E-state index < -0.39 is 21.8 Å². The number of rotatable bonds is 6. The number of halogens is 2. The van der Waals surface area contributed by atoms with Crippen molar-refractivity contribution in [2.75, 3.05) is 25.0 Å². The van der Waals surface area contributed by atoms with Crippen LogP contribution in [0.4, 0.5) is 10.1 Å². The van der Waals surface area contributed by atoms with E-state index in [9.17, 15) is 17.6 Å². The number of nitrogens with zero attached hydrogens (tertiary/aromatic N) is 1. The quantitative estimate of drug-likeness (QED) is 0.738. The predicted octanol–water partition coefficient (Wildman–Crippen LogP) is 3.92. The van der Waals surface area contributed by atoms with Crippen LogP contribution in [0.25, 0.3) is 0 Å². The van der Waals surface area contributed by atoms with E-state index in [1.807, 2.05) is 0 Å². The van der Waals surface area contributed by atoms with Crippen LogP contribution in [0.2, 0.25) is 5.02 Å². The first kappa shape index (κ1) is 21.5. The molecule has 1 saturated heterocycles. The molecule has 0 bridgehead atoms. The van der Waals surface area contributed by atoms with Crippen LogP contribution in [0.1, 0.15) is 19.8 Å². The summed E-state index contributed by atoms with van der Waals surface area (Å²) >= 11 is 5.99. The van der Waals surface area contributed by atoms with Gasteiger partial charge in [-0.05, 0) is 50.1 Å². The van der Waals surface area contributed by atoms with Gasteiger partial charge < -0.3 is 10.1 Å². The van der Waals surface area contributed by atoms with Crippen molar-refractivity contribution in [2.45, 2.75) is 24.7 Å². The fourth-order valence-corrected chi connectivity index (χ4v) is 5.12. The molecule has 0 saturated carbocycles. The van der Waals surface area contributed by atoms with Gasteiger partial charge in [0, 0.05) is 24.0 Å². The first-order valence-electron chi connectivity index (χ1n) is 9.31. The number of piperidine rings is 1. The Balaban J connectivity index is 1.69. The van der Waals surface area contributed by atoms with Gasteiger partial charge in [-0.15, -0.1) is 0 Å². The summed E-state index contributed by atoms with van der Waals surface area (Å²) in [6.45, 7) is 2.44. The lowest BCUT2D eigenvalue weighted by Crippen LogP contribution is -2.41. The summed E-state index contributed by atoms with van der Waals surface area (Å²) in [6, 6.07) is 10.4. The maximum absolute atomic E-state index is 13.7. The topological polar surface area (TPSA) is 75.7 Å². The highest BCUT2D eigenvalue weighted by Gasteiger charge is 2.34. The molecule has 6 nitrogen and oxygen atoms in total. The Kier molecular flexibility index (Phi) is 6.77. The van der Waals surface area contributed by atoms with Gasteiger partial charge in [-0.2, -0.15) is 4.31 Å². The molecule has 0 radical (unpaired) electrons. The highest BCUT2D eigenvalue weighted by Crippen LogP contribution is 2.32. The summed E-state index contributed by atoms with van der Waals surface area (Å²) in [5.41, 5.74) is 0.118. The van der Waals surface area contributed by atoms with Crippen molar-refractivity contribution in [3.05, 3.63) is 53.3 Å². The SMILES string of the molecule is CCOc1ccc(Cl)cc1S(=O)(=O)N1CCC(C(=O)Nc2ccccc2F)CC1. The van der Waals surface area contributed by atoms with Crippen molar-refractivity contribution in [1.29, 1.82) is 0 Å². The van der Waals surface area contributed by atoms with Crippen molar-refractivity contribution in [1.82, 2.24) is 4.31 Å². The van der Waals surface area contributed by atoms with Crippen molar-refractivity contribution in [3.8, 4) is 5.75 Å². The number of ether oxygens (including phenoxy) is 1. The van der Waals surface area contributed by atoms with Gasteiger partial charge >= 0.3 is 0 Å². The minimum Gasteiger partial charge on any atom is -0.492 e. The summed E-state index contributed by atoms with van der Waals surface area (Å²) in [5.74, 6) is -0.974. The van der Waals surface area contributed by atoms with E-state index in [4.69, 9.17) is 16.3 Å². The highest BCUT2D eigenvalue weighted by atomic mass is 35.5. The zero-order valence-corrected chi connectivity index (χ0v) is 17.5. The zero-order chi connectivity index (χ0) is 21.0. The number of carbonyl (C=O) groups is 1. The van der Waals surface area contributed by atoms with E-state index in [0.717, 1.165) is 0 Å². The Labute approximate surface area is 174 Å². The van der Waals surface area contributed by atoms with Crippen LogP contribution in [0.5, 0.6) is 5.75 Å². The Morgan fingerprint density at radius 2 is 1.93 bits per heavy atom. The van der Waals surface area contributed by atoms with Gasteiger partial charge in [0.15, 0.2) is 0 Å². The molecule has 0 aromatic heterocycles. The largest absolute Gasteiger partial charge is 0.492 e. The molecule has 3 rings (SSSR count). The lowest BCUT2D eigenvalue weighted by atomic mass is 9.97. The van der Waals surface area contributed by atoms with Gasteiger partial charge in [0.2, 0.25) is 15.9 Å². The Hall–Kier alpha value is -2.16. The van der Waals surface area contributed by atoms with Crippen LogP contribution >= 0.6 is 11.6 Å². The molecule has 2 aromatic carbocycles. The molecule has 0 aliphatic carbocycles. The minimum absolute atomic E-state index is 0.0149. The number of nitrogens with one attached hydrogen (secondary N) is 1. The molecular formula is C20H22ClFN2O4S. The van der Waals surface area contributed by atoms with E-state index in [1.54, 1.807) is 25.1 Å². The molecule has 9 heteroatoms. The van der Waals surface area contributed by atoms with Gasteiger partial charge in [0.1, 0.15) is 16.5 Å². The zero-order valence-electron chi connectivity index (χ0n) is 15.9. The molecule has 1 aliphatic heterocycles. The van der Waals surface area contributed by atoms with Crippen LogP contribution in [-0.4, -0.2) is 38.3 Å². The van der Waals surface area contributed by atoms with Crippen molar-refractivity contribution in [2.24, 2.45) is 5.92 Å². The minimum atomic E-state index is -3.82. The lowest BCUT2D eigenvalue weighted by Gasteiger charge is -2.31. The summed E-state index contributed by atoms with van der Waals surface area (Å²) in [7, 11) is -3.82. The van der Waals surface area contributed by atoms with E-state index in [0.29, 0.717) is 24.5 Å². The van der Waals surface area contributed by atoms with Gasteiger partial charge in [-0.1, -0.05) is 23.7 Å². The Bertz CT molecular complexity index is 992. The second kappa shape index (κ2) is 9.11. The molecule has 1 aliphatic rings. The summed E-state index contributed by atoms with van der Waals surface area (Å²) in [6.07, 6.45) is 0.675. The van der Waals surface area contributed by atoms with Crippen LogP contribution in [-0.2, 0) is 14.8 Å². The van der Waals surface area contributed by atoms with Crippen molar-refractivity contribution in [3.63, 3.8) is 0 Å². The van der Waals surface area contributed by atoms with E-state index in [1.165, 1.54) is 28.6 Å². The number of amides is 1. The van der Waals surface area contributed by atoms with Crippen LogP contribution in [0.15, 0.2) is 47.4 Å². The van der Waals surface area contributed by atoms with Crippen LogP contribution in [0.3, 0.4) is 0 Å². The Morgan fingerprint density at radius 3 is 2.59 bits per heavy atom. The van der Waals surface area contributed by atoms with Gasteiger partial charge in [-0.3, -0.25) is 4.79 Å². The highest BCUT2D eigenvalue weighted by molar-refractivity contribution is 7.89. The number of hydrogen-bond donors (Lipinski definition) is 1. The first-order valence-corrected chi connectivity index (χ1v) is 11.1. The molecule has 156 valence electrons. The average molecular weight is 441 g/mol. The molecule has 1 fully saturated rings. The maximum Gasteiger partial charge on any atom is 0.246 e. The second-order valence-corrected chi connectivity index (χ2v) is 9.01. The molecule has 0 unspecified atom stereocenters. The number of sulfonamides is 1. The third-order valence-corrected chi connectivity index (χ3v) is 6.93. The monoisotopic (exact) mass is 440 g/mol. The molecular weight excluding hydrogens is 419 g/mol. The molecule has 1 heterocycles. The first-order chi connectivity index (χ1) is 13.8. The van der Waals surface area contributed by atoms with E-state index in [2.05, 4.69) is 5.32 Å². The molecule has 1 N–H and O–H groups in total. The number of carbonyl (C=O) groups excluding carboxylic acids is 1. The second-order valence-electron chi connectivity index (χ2n) is 6.67. The predicted molar refractivity (Wildman–Crippen MR) is 109 cm³/mol. The standard InChI is InChI=1S/C20H22ClFN2O4S/c1-2-28-18-8-7-15(21)13-19(18)29(26,27)24-11-9-14(10-12-24)20(25)23-17-6-4-3-5-16(17)22/h3-8,13-14H,2,9-12H2,1H3,(H,23,25). The maximum atomic E-state index is 13.7. The molecule has 0 atom stereocenters. The molecule has 2 aromatic rings. The van der Waals surface area contributed by atoms with Crippen molar-refractivity contribution < 1.29 is 22.3 Å². The van der Waals surface area contributed by atoms with E-state index in [-0.39, 0.29) is 35.3 Å².